The smallest absolute Gasteiger partial charge is 0.305 e. The van der Waals surface area contributed by atoms with Crippen molar-refractivity contribution >= 4 is 17.6 Å². The van der Waals surface area contributed by atoms with Crippen LogP contribution in [0.15, 0.2) is 18.2 Å². The molecule has 0 bridgehead atoms. The highest BCUT2D eigenvalue weighted by molar-refractivity contribution is 6.31. The lowest BCUT2D eigenvalue weighted by Crippen LogP contribution is -2.24. The average Bonchev–Trinajstić information content (AvgIpc) is 2.46. The number of hydrogen-bond acceptors (Lipinski definition) is 4. The first-order valence-electron chi connectivity index (χ1n) is 7.02. The Morgan fingerprint density at radius 3 is 2.24 bits per heavy atom. The summed E-state index contributed by atoms with van der Waals surface area (Å²) in [6.07, 6.45) is 1.82. The average molecular weight is 317 g/mol. The fourth-order valence-electron chi connectivity index (χ4n) is 1.44. The molecule has 0 aliphatic carbocycles. The van der Waals surface area contributed by atoms with E-state index in [9.17, 15) is 4.79 Å². The van der Waals surface area contributed by atoms with Crippen LogP contribution in [0, 0.1) is 6.92 Å². The Bertz CT molecular complexity index is 438. The molecule has 0 unspecified atom stereocenters. The number of hydrogen-bond donors (Lipinski definition) is 2. The molecule has 2 N–H and O–H groups in total. The van der Waals surface area contributed by atoms with Crippen LogP contribution < -0.4 is 0 Å². The van der Waals surface area contributed by atoms with E-state index in [1.165, 1.54) is 7.11 Å². The number of esters is 1. The van der Waals surface area contributed by atoms with Gasteiger partial charge in [0.15, 0.2) is 5.79 Å². The second-order valence-electron chi connectivity index (χ2n) is 4.86. The van der Waals surface area contributed by atoms with Crippen LogP contribution in [0.3, 0.4) is 0 Å². The second-order valence-corrected chi connectivity index (χ2v) is 5.27. The Balaban J connectivity index is 0.000000486. The molecule has 21 heavy (non-hydrogen) atoms. The number of rotatable bonds is 5. The lowest BCUT2D eigenvalue weighted by molar-refractivity contribution is -0.163. The monoisotopic (exact) mass is 316 g/mol. The number of ether oxygens (including phenoxy) is 1. The number of aryl methyl sites for hydroxylation is 2. The van der Waals surface area contributed by atoms with E-state index in [4.69, 9.17) is 21.8 Å². The van der Waals surface area contributed by atoms with E-state index in [1.807, 2.05) is 25.1 Å². The summed E-state index contributed by atoms with van der Waals surface area (Å²) in [4.78, 5) is 10.9. The van der Waals surface area contributed by atoms with Crippen LogP contribution in [-0.4, -0.2) is 29.1 Å². The van der Waals surface area contributed by atoms with Gasteiger partial charge < -0.3 is 14.9 Å². The fourth-order valence-corrected chi connectivity index (χ4v) is 1.77. The molecule has 0 heterocycles. The number of halogens is 1. The lowest BCUT2D eigenvalue weighted by Gasteiger charge is -2.15. The van der Waals surface area contributed by atoms with Gasteiger partial charge in [0.1, 0.15) is 0 Å². The van der Waals surface area contributed by atoms with E-state index in [2.05, 4.69) is 4.74 Å². The van der Waals surface area contributed by atoms with Crippen molar-refractivity contribution in [3.05, 3.63) is 34.3 Å². The first-order valence-corrected chi connectivity index (χ1v) is 7.40. The number of carbonyl (C=O) groups excluding carboxylic acids is 1. The van der Waals surface area contributed by atoms with Gasteiger partial charge in [0.2, 0.25) is 0 Å². The molecule has 5 heteroatoms. The zero-order chi connectivity index (χ0) is 16.5. The summed E-state index contributed by atoms with van der Waals surface area (Å²) in [5.74, 6) is -1.62. The van der Waals surface area contributed by atoms with Crippen LogP contribution in [0.25, 0.3) is 0 Å². The predicted octanol–water partition coefficient (Wildman–Crippen LogP) is 3.24. The van der Waals surface area contributed by atoms with Gasteiger partial charge >= 0.3 is 5.97 Å². The third-order valence-corrected chi connectivity index (χ3v) is 3.52. The molecule has 0 aromatic heterocycles. The van der Waals surface area contributed by atoms with E-state index in [0.717, 1.165) is 11.1 Å². The largest absolute Gasteiger partial charge is 0.469 e. The predicted molar refractivity (Wildman–Crippen MR) is 84.3 cm³/mol. The molecule has 1 rings (SSSR count). The van der Waals surface area contributed by atoms with Gasteiger partial charge in [0, 0.05) is 11.4 Å². The third-order valence-electron chi connectivity index (χ3n) is 3.17. The third kappa shape index (κ3) is 8.71. The Morgan fingerprint density at radius 1 is 1.29 bits per heavy atom. The summed E-state index contributed by atoms with van der Waals surface area (Å²) < 4.78 is 4.55. The first-order chi connectivity index (χ1) is 9.75. The second kappa shape index (κ2) is 9.77. The van der Waals surface area contributed by atoms with Crippen molar-refractivity contribution in [3.63, 3.8) is 0 Å². The van der Waals surface area contributed by atoms with Gasteiger partial charge in [-0.25, -0.2) is 0 Å². The number of benzene rings is 1. The van der Waals surface area contributed by atoms with E-state index < -0.39 is 5.79 Å². The molecule has 0 saturated heterocycles. The zero-order valence-electron chi connectivity index (χ0n) is 13.1. The first kappa shape index (κ1) is 19.9. The van der Waals surface area contributed by atoms with Crippen molar-refractivity contribution < 1.29 is 19.7 Å². The van der Waals surface area contributed by atoms with E-state index >= 15 is 0 Å². The van der Waals surface area contributed by atoms with Crippen LogP contribution >= 0.6 is 11.6 Å². The molecular weight excluding hydrogens is 292 g/mol. The van der Waals surface area contributed by atoms with Crippen molar-refractivity contribution in [2.45, 2.75) is 52.2 Å². The molecule has 0 saturated carbocycles. The summed E-state index contributed by atoms with van der Waals surface area (Å²) in [5, 5.41) is 18.1. The minimum Gasteiger partial charge on any atom is -0.469 e. The molecule has 0 amide bonds. The van der Waals surface area contributed by atoms with Crippen LogP contribution in [0.2, 0.25) is 5.02 Å². The molecule has 0 aliphatic heterocycles. The number of methoxy groups -OCH3 is 1. The normalized spacial score (nSPS) is 10.6. The molecule has 1 aromatic carbocycles. The van der Waals surface area contributed by atoms with Gasteiger partial charge in [-0.15, -0.1) is 0 Å². The summed E-state index contributed by atoms with van der Waals surface area (Å²) in [6.45, 7) is 5.46. The molecule has 120 valence electrons. The van der Waals surface area contributed by atoms with E-state index in [-0.39, 0.29) is 5.97 Å². The van der Waals surface area contributed by atoms with Crippen molar-refractivity contribution in [1.29, 1.82) is 0 Å². The van der Waals surface area contributed by atoms with Crippen LogP contribution in [0.5, 0.6) is 0 Å². The highest BCUT2D eigenvalue weighted by atomic mass is 35.5. The molecule has 4 nitrogen and oxygen atoms in total. The Hall–Kier alpha value is -1.10. The minimum atomic E-state index is -1.42. The highest BCUT2D eigenvalue weighted by Gasteiger charge is 2.15. The summed E-state index contributed by atoms with van der Waals surface area (Å²) in [7, 11) is 1.39. The zero-order valence-corrected chi connectivity index (χ0v) is 13.9. The molecule has 0 fully saturated rings. The maximum atomic E-state index is 10.9. The molecular formula is C16H25ClO4. The molecule has 0 radical (unpaired) electrons. The Labute approximate surface area is 131 Å². The van der Waals surface area contributed by atoms with Gasteiger partial charge in [0.05, 0.1) is 7.11 Å². The standard InChI is InChI=1S/C11H13ClO2.C5H12O2/c1-8-3-4-9(10(12)7-8)5-6-11(13)14-2;1-3-5(6,7)4-2/h3-4,7H,5-6H2,1-2H3;6-7H,3-4H2,1-2H3. The van der Waals surface area contributed by atoms with Crippen molar-refractivity contribution in [1.82, 2.24) is 0 Å². The molecule has 1 aromatic rings. The van der Waals surface area contributed by atoms with Crippen molar-refractivity contribution in [2.75, 3.05) is 7.11 Å². The van der Waals surface area contributed by atoms with Gasteiger partial charge in [-0.2, -0.15) is 0 Å². The Morgan fingerprint density at radius 2 is 1.86 bits per heavy atom. The number of carbonyl (C=O) groups is 1. The van der Waals surface area contributed by atoms with E-state index in [1.54, 1.807) is 13.8 Å². The van der Waals surface area contributed by atoms with Crippen LogP contribution in [-0.2, 0) is 16.0 Å². The maximum Gasteiger partial charge on any atom is 0.305 e. The lowest BCUT2D eigenvalue weighted by atomic mass is 10.1. The van der Waals surface area contributed by atoms with E-state index in [0.29, 0.717) is 30.7 Å². The highest BCUT2D eigenvalue weighted by Crippen LogP contribution is 2.19. The minimum absolute atomic E-state index is 0.207. The maximum absolute atomic E-state index is 10.9. The van der Waals surface area contributed by atoms with Crippen molar-refractivity contribution in [2.24, 2.45) is 0 Å². The quantitative estimate of drug-likeness (QED) is 0.646. The Kier molecular flexibility index (Phi) is 9.26. The van der Waals surface area contributed by atoms with Gasteiger partial charge in [0.25, 0.3) is 0 Å². The SMILES string of the molecule is CCC(O)(O)CC.COC(=O)CCc1ccc(C)cc1Cl. The fraction of sp³-hybridized carbons (Fsp3) is 0.562. The van der Waals surface area contributed by atoms with Gasteiger partial charge in [-0.3, -0.25) is 4.79 Å². The van der Waals surface area contributed by atoms with Gasteiger partial charge in [-0.05, 0) is 43.4 Å². The summed E-state index contributed by atoms with van der Waals surface area (Å²) in [6, 6.07) is 5.83. The van der Waals surface area contributed by atoms with Gasteiger partial charge in [-0.1, -0.05) is 37.6 Å². The van der Waals surface area contributed by atoms with Crippen molar-refractivity contribution in [3.8, 4) is 0 Å². The van der Waals surface area contributed by atoms with Crippen LogP contribution in [0.1, 0.15) is 44.2 Å². The van der Waals surface area contributed by atoms with Crippen LogP contribution in [0.4, 0.5) is 0 Å². The summed E-state index contributed by atoms with van der Waals surface area (Å²) >= 11 is 6.00. The topological polar surface area (TPSA) is 66.8 Å². The molecule has 0 atom stereocenters. The molecule has 0 spiro atoms. The summed E-state index contributed by atoms with van der Waals surface area (Å²) in [5.41, 5.74) is 2.11. The number of aliphatic hydroxyl groups is 2. The molecule has 0 aliphatic rings.